The number of hydrogen-bond donors (Lipinski definition) is 1. The lowest BCUT2D eigenvalue weighted by molar-refractivity contribution is -0.117. The maximum Gasteiger partial charge on any atom is 0.262 e. The third-order valence-corrected chi connectivity index (χ3v) is 5.63. The summed E-state index contributed by atoms with van der Waals surface area (Å²) in [5.74, 6) is -0.354. The van der Waals surface area contributed by atoms with Crippen LogP contribution in [-0.4, -0.2) is 29.7 Å². The third-order valence-electron chi connectivity index (χ3n) is 5.63. The van der Waals surface area contributed by atoms with E-state index >= 15 is 0 Å². The van der Waals surface area contributed by atoms with E-state index in [0.29, 0.717) is 6.54 Å². The Labute approximate surface area is 176 Å². The molecule has 2 aromatic carbocycles. The van der Waals surface area contributed by atoms with E-state index in [4.69, 9.17) is 4.74 Å². The fourth-order valence-corrected chi connectivity index (χ4v) is 4.01. The normalized spacial score (nSPS) is 16.5. The topological polar surface area (TPSA) is 67.1 Å². The van der Waals surface area contributed by atoms with Crippen molar-refractivity contribution in [2.75, 3.05) is 13.2 Å². The lowest BCUT2D eigenvalue weighted by Crippen LogP contribution is -2.32. The lowest BCUT2D eigenvalue weighted by atomic mass is 10.1. The minimum Gasteiger partial charge on any atom is -0.376 e. The van der Waals surface area contributed by atoms with Crippen molar-refractivity contribution in [1.29, 1.82) is 5.26 Å². The molecule has 2 heterocycles. The smallest absolute Gasteiger partial charge is 0.262 e. The van der Waals surface area contributed by atoms with Crippen LogP contribution in [0.15, 0.2) is 60.2 Å². The lowest BCUT2D eigenvalue weighted by Gasteiger charge is -2.10. The first-order valence-corrected chi connectivity index (χ1v) is 10.3. The molecule has 1 N–H and O–H groups in total. The molecule has 30 heavy (non-hydrogen) atoms. The van der Waals surface area contributed by atoms with Gasteiger partial charge in [0.2, 0.25) is 0 Å². The highest BCUT2D eigenvalue weighted by Gasteiger charge is 2.19. The average molecular weight is 399 g/mol. The summed E-state index contributed by atoms with van der Waals surface area (Å²) in [4.78, 5) is 12.6. The first kappa shape index (κ1) is 19.9. The maximum atomic E-state index is 12.6. The number of rotatable bonds is 6. The molecule has 1 fully saturated rings. The zero-order chi connectivity index (χ0) is 20.9. The number of aromatic nitrogens is 1. The molecular formula is C25H25N3O2. The fourth-order valence-electron chi connectivity index (χ4n) is 4.01. The van der Waals surface area contributed by atoms with E-state index in [1.165, 1.54) is 5.56 Å². The molecule has 152 valence electrons. The second-order valence-electron chi connectivity index (χ2n) is 7.60. The molecule has 1 aliphatic heterocycles. The number of carbonyl (C=O) groups excluding carboxylic acids is 1. The van der Waals surface area contributed by atoms with Crippen molar-refractivity contribution in [2.24, 2.45) is 0 Å². The number of hydrogen-bond acceptors (Lipinski definition) is 3. The zero-order valence-electron chi connectivity index (χ0n) is 17.1. The number of amides is 1. The van der Waals surface area contributed by atoms with Crippen LogP contribution in [-0.2, 0) is 16.1 Å². The maximum absolute atomic E-state index is 12.6. The van der Waals surface area contributed by atoms with Crippen LogP contribution in [0.4, 0.5) is 0 Å². The number of nitrogens with zero attached hydrogens (tertiary/aromatic N) is 2. The number of nitriles is 1. The standard InChI is InChI=1S/C25H25N3O2/c1-18-23(14-20(15-26)25(29)27-16-21-10-7-13-30-21)22-11-5-6-12-24(22)28(18)17-19-8-3-2-4-9-19/h2-6,8-9,11-12,14,21H,7,10,13,16-17H2,1H3,(H,27,29)/b20-14-/t21-/m1/s1. The Morgan fingerprint density at radius 1 is 1.23 bits per heavy atom. The Hall–Kier alpha value is -3.36. The van der Waals surface area contributed by atoms with Gasteiger partial charge in [-0.2, -0.15) is 5.26 Å². The van der Waals surface area contributed by atoms with E-state index in [9.17, 15) is 10.1 Å². The molecule has 0 aliphatic carbocycles. The summed E-state index contributed by atoms with van der Waals surface area (Å²) >= 11 is 0. The summed E-state index contributed by atoms with van der Waals surface area (Å²) < 4.78 is 7.78. The predicted molar refractivity (Wildman–Crippen MR) is 118 cm³/mol. The van der Waals surface area contributed by atoms with Crippen LogP contribution >= 0.6 is 0 Å². The minimum absolute atomic E-state index is 0.0448. The van der Waals surface area contributed by atoms with E-state index in [0.717, 1.165) is 48.2 Å². The van der Waals surface area contributed by atoms with Crippen molar-refractivity contribution in [3.63, 3.8) is 0 Å². The molecular weight excluding hydrogens is 374 g/mol. The van der Waals surface area contributed by atoms with E-state index in [-0.39, 0.29) is 17.6 Å². The van der Waals surface area contributed by atoms with E-state index in [2.05, 4.69) is 34.2 Å². The van der Waals surface area contributed by atoms with E-state index in [1.54, 1.807) is 6.08 Å². The SMILES string of the molecule is Cc1c(/C=C(/C#N)C(=O)NC[C@H]2CCCO2)c2ccccc2n1Cc1ccccc1. The van der Waals surface area contributed by atoms with Crippen LogP contribution < -0.4 is 5.32 Å². The molecule has 0 spiro atoms. The highest BCUT2D eigenvalue weighted by molar-refractivity contribution is 6.04. The molecule has 4 rings (SSSR count). The van der Waals surface area contributed by atoms with Gasteiger partial charge >= 0.3 is 0 Å². The van der Waals surface area contributed by atoms with Crippen LogP contribution in [0.25, 0.3) is 17.0 Å². The number of benzene rings is 2. The fraction of sp³-hybridized carbons (Fsp3) is 0.280. The molecule has 5 nitrogen and oxygen atoms in total. The summed E-state index contributed by atoms with van der Waals surface area (Å²) in [5, 5.41) is 13.5. The van der Waals surface area contributed by atoms with Gasteiger partial charge in [0.1, 0.15) is 11.6 Å². The Balaban J connectivity index is 1.66. The third kappa shape index (κ3) is 4.14. The van der Waals surface area contributed by atoms with Gasteiger partial charge < -0.3 is 14.6 Å². The molecule has 0 unspecified atom stereocenters. The highest BCUT2D eigenvalue weighted by Crippen LogP contribution is 2.29. The molecule has 1 saturated heterocycles. The van der Waals surface area contributed by atoms with Crippen LogP contribution in [0.1, 0.15) is 29.7 Å². The average Bonchev–Trinajstić information content (AvgIpc) is 3.39. The summed E-state index contributed by atoms with van der Waals surface area (Å²) in [6, 6.07) is 20.4. The molecule has 5 heteroatoms. The van der Waals surface area contributed by atoms with Crippen LogP contribution in [0.2, 0.25) is 0 Å². The minimum atomic E-state index is -0.354. The summed E-state index contributed by atoms with van der Waals surface area (Å²) in [5.41, 5.74) is 4.33. The van der Waals surface area contributed by atoms with Gasteiger partial charge in [0.15, 0.2) is 0 Å². The molecule has 3 aromatic rings. The van der Waals surface area contributed by atoms with Crippen molar-refractivity contribution < 1.29 is 9.53 Å². The number of fused-ring (bicyclic) bond motifs is 1. The van der Waals surface area contributed by atoms with Gasteiger partial charge in [-0.25, -0.2) is 0 Å². The number of ether oxygens (including phenoxy) is 1. The van der Waals surface area contributed by atoms with Crippen molar-refractivity contribution in [3.05, 3.63) is 77.0 Å². The zero-order valence-corrected chi connectivity index (χ0v) is 17.1. The Bertz CT molecular complexity index is 1120. The van der Waals surface area contributed by atoms with Crippen molar-refractivity contribution in [3.8, 4) is 6.07 Å². The molecule has 0 saturated carbocycles. The Kier molecular flexibility index (Phi) is 5.97. The van der Waals surface area contributed by atoms with Crippen LogP contribution in [0.5, 0.6) is 0 Å². The van der Waals surface area contributed by atoms with Crippen molar-refractivity contribution in [2.45, 2.75) is 32.4 Å². The van der Waals surface area contributed by atoms with Gasteiger partial charge in [0.25, 0.3) is 5.91 Å². The van der Waals surface area contributed by atoms with E-state index in [1.807, 2.05) is 43.3 Å². The molecule has 0 radical (unpaired) electrons. The van der Waals surface area contributed by atoms with Gasteiger partial charge in [0, 0.05) is 41.9 Å². The largest absolute Gasteiger partial charge is 0.376 e. The molecule has 1 aliphatic rings. The molecule has 1 atom stereocenters. The quantitative estimate of drug-likeness (QED) is 0.499. The van der Waals surface area contributed by atoms with Crippen LogP contribution in [0.3, 0.4) is 0 Å². The van der Waals surface area contributed by atoms with Gasteiger partial charge in [-0.05, 0) is 37.5 Å². The first-order valence-electron chi connectivity index (χ1n) is 10.3. The number of nitrogens with one attached hydrogen (secondary N) is 1. The molecule has 0 bridgehead atoms. The summed E-state index contributed by atoms with van der Waals surface area (Å²) in [7, 11) is 0. The summed E-state index contributed by atoms with van der Waals surface area (Å²) in [6.07, 6.45) is 3.72. The highest BCUT2D eigenvalue weighted by atomic mass is 16.5. The predicted octanol–water partition coefficient (Wildman–Crippen LogP) is 4.20. The monoisotopic (exact) mass is 399 g/mol. The molecule has 1 amide bonds. The number of para-hydroxylation sites is 1. The molecule has 1 aromatic heterocycles. The van der Waals surface area contributed by atoms with Gasteiger partial charge in [0.05, 0.1) is 6.10 Å². The van der Waals surface area contributed by atoms with Gasteiger partial charge in [-0.3, -0.25) is 4.79 Å². The van der Waals surface area contributed by atoms with Crippen molar-refractivity contribution in [1.82, 2.24) is 9.88 Å². The Morgan fingerprint density at radius 3 is 2.73 bits per heavy atom. The second-order valence-corrected chi connectivity index (χ2v) is 7.60. The summed E-state index contributed by atoms with van der Waals surface area (Å²) in [6.45, 7) is 3.94. The second kappa shape index (κ2) is 8.98. The van der Waals surface area contributed by atoms with Gasteiger partial charge in [-0.15, -0.1) is 0 Å². The van der Waals surface area contributed by atoms with Crippen LogP contribution in [0, 0.1) is 18.3 Å². The first-order chi connectivity index (χ1) is 14.7. The van der Waals surface area contributed by atoms with Gasteiger partial charge in [-0.1, -0.05) is 48.5 Å². The Morgan fingerprint density at radius 2 is 2.00 bits per heavy atom. The van der Waals surface area contributed by atoms with E-state index < -0.39 is 0 Å². The van der Waals surface area contributed by atoms with Crippen molar-refractivity contribution >= 4 is 22.9 Å². The number of carbonyl (C=O) groups is 1.